The van der Waals surface area contributed by atoms with Gasteiger partial charge in [0.05, 0.1) is 5.41 Å². The molecule has 2 unspecified atom stereocenters. The fourth-order valence-corrected chi connectivity index (χ4v) is 6.57. The summed E-state index contributed by atoms with van der Waals surface area (Å²) in [7, 11) is 0. The number of nitrogens with zero attached hydrogens (tertiary/aromatic N) is 1. The molecule has 0 radical (unpaired) electrons. The number of alkyl halides is 1. The Morgan fingerprint density at radius 1 is 1.30 bits per heavy atom. The van der Waals surface area contributed by atoms with Crippen molar-refractivity contribution in [2.75, 3.05) is 6.61 Å². The molecule has 4 fully saturated rings. The lowest BCUT2D eigenvalue weighted by Crippen LogP contribution is -2.56. The zero-order valence-corrected chi connectivity index (χ0v) is 14.8. The molecule has 23 heavy (non-hydrogen) atoms. The average molecular weight is 381 g/mol. The van der Waals surface area contributed by atoms with Crippen LogP contribution in [0.5, 0.6) is 0 Å². The van der Waals surface area contributed by atoms with Crippen LogP contribution in [-0.4, -0.2) is 22.7 Å². The van der Waals surface area contributed by atoms with Gasteiger partial charge in [-0.1, -0.05) is 15.9 Å². The highest BCUT2D eigenvalue weighted by Gasteiger charge is 2.60. The molecule has 0 heterocycles. The molecule has 0 aromatic rings. The SMILES string of the molecule is CC(N)=C(C#N)C(=O)COC(=O)C12CC3CC(CC(Br)(C3)C1)C2. The smallest absolute Gasteiger partial charge is 0.312 e. The number of ether oxygens (including phenoxy) is 1. The molecule has 0 aromatic carbocycles. The molecular formula is C17H21BrN2O3. The summed E-state index contributed by atoms with van der Waals surface area (Å²) >= 11 is 3.85. The maximum Gasteiger partial charge on any atom is 0.312 e. The molecule has 0 amide bonds. The Kier molecular flexibility index (Phi) is 4.04. The Hall–Kier alpha value is -1.35. The second-order valence-corrected chi connectivity index (χ2v) is 9.24. The maximum absolute atomic E-state index is 12.7. The molecule has 0 aromatic heterocycles. The predicted molar refractivity (Wildman–Crippen MR) is 87.2 cm³/mol. The summed E-state index contributed by atoms with van der Waals surface area (Å²) in [6, 6.07) is 1.77. The molecule has 4 saturated carbocycles. The normalized spacial score (nSPS) is 38.7. The van der Waals surface area contributed by atoms with Crippen LogP contribution in [0.3, 0.4) is 0 Å². The lowest BCUT2D eigenvalue weighted by molar-refractivity contribution is -0.170. The van der Waals surface area contributed by atoms with Crippen LogP contribution >= 0.6 is 15.9 Å². The molecular weight excluding hydrogens is 360 g/mol. The van der Waals surface area contributed by atoms with Crippen molar-refractivity contribution in [1.29, 1.82) is 5.26 Å². The van der Waals surface area contributed by atoms with Gasteiger partial charge in [0.1, 0.15) is 11.6 Å². The number of ketones is 1. The first-order valence-corrected chi connectivity index (χ1v) is 8.82. The highest BCUT2D eigenvalue weighted by molar-refractivity contribution is 9.10. The Morgan fingerprint density at radius 2 is 1.91 bits per heavy atom. The highest BCUT2D eigenvalue weighted by atomic mass is 79.9. The molecule has 4 aliphatic carbocycles. The summed E-state index contributed by atoms with van der Waals surface area (Å²) in [6.07, 6.45) is 5.98. The molecule has 4 bridgehead atoms. The number of hydrogen-bond donors (Lipinski definition) is 1. The van der Waals surface area contributed by atoms with Crippen LogP contribution in [0.15, 0.2) is 11.3 Å². The van der Waals surface area contributed by atoms with Crippen LogP contribution in [0.1, 0.15) is 45.4 Å². The van der Waals surface area contributed by atoms with Crippen LogP contribution in [0.4, 0.5) is 0 Å². The Balaban J connectivity index is 1.69. The standard InChI is InChI=1S/C17H21BrN2O3/c1-10(20)13(7-19)14(21)8-23-15(22)16-3-11-2-12(4-16)6-17(18,5-11)9-16/h11-12H,2-6,8-9,20H2,1H3. The lowest BCUT2D eigenvalue weighted by Gasteiger charge is -2.58. The minimum atomic E-state index is -0.529. The van der Waals surface area contributed by atoms with Gasteiger partial charge in [0, 0.05) is 10.0 Å². The van der Waals surface area contributed by atoms with Gasteiger partial charge in [-0.15, -0.1) is 0 Å². The molecule has 0 aliphatic heterocycles. The van der Waals surface area contributed by atoms with Gasteiger partial charge in [-0.25, -0.2) is 0 Å². The van der Waals surface area contributed by atoms with Gasteiger partial charge in [-0.05, 0) is 57.3 Å². The molecule has 0 spiro atoms. The van der Waals surface area contributed by atoms with Crippen molar-refractivity contribution >= 4 is 27.7 Å². The van der Waals surface area contributed by atoms with Crippen LogP contribution in [0, 0.1) is 28.6 Å². The summed E-state index contributed by atoms with van der Waals surface area (Å²) in [5.74, 6) is 0.328. The minimum absolute atomic E-state index is 0.0612. The fraction of sp³-hybridized carbons (Fsp3) is 0.706. The van der Waals surface area contributed by atoms with Gasteiger partial charge < -0.3 is 10.5 Å². The van der Waals surface area contributed by atoms with E-state index in [0.29, 0.717) is 11.8 Å². The summed E-state index contributed by atoms with van der Waals surface area (Å²) in [5, 5.41) is 8.94. The van der Waals surface area contributed by atoms with Crippen LogP contribution in [0.25, 0.3) is 0 Å². The molecule has 4 aliphatic rings. The van der Waals surface area contributed by atoms with Crippen molar-refractivity contribution in [2.24, 2.45) is 23.0 Å². The summed E-state index contributed by atoms with van der Waals surface area (Å²) < 4.78 is 5.38. The molecule has 2 atom stereocenters. The van der Waals surface area contributed by atoms with Gasteiger partial charge in [-0.3, -0.25) is 9.59 Å². The first kappa shape index (κ1) is 16.5. The van der Waals surface area contributed by atoms with Gasteiger partial charge in [-0.2, -0.15) is 5.26 Å². The fourth-order valence-electron chi connectivity index (χ4n) is 5.12. The number of carbonyl (C=O) groups is 2. The van der Waals surface area contributed by atoms with Crippen molar-refractivity contribution < 1.29 is 14.3 Å². The Labute approximate surface area is 144 Å². The van der Waals surface area contributed by atoms with E-state index in [1.807, 2.05) is 0 Å². The minimum Gasteiger partial charge on any atom is -0.457 e. The number of hydrogen-bond acceptors (Lipinski definition) is 5. The molecule has 6 heteroatoms. The molecule has 5 nitrogen and oxygen atoms in total. The van der Waals surface area contributed by atoms with E-state index >= 15 is 0 Å². The summed E-state index contributed by atoms with van der Waals surface area (Å²) in [4.78, 5) is 24.7. The Bertz CT molecular complexity index is 616. The van der Waals surface area contributed by atoms with Gasteiger partial charge >= 0.3 is 5.97 Å². The van der Waals surface area contributed by atoms with Crippen LogP contribution < -0.4 is 5.73 Å². The Morgan fingerprint density at radius 3 is 2.39 bits per heavy atom. The lowest BCUT2D eigenvalue weighted by atomic mass is 9.49. The van der Waals surface area contributed by atoms with E-state index in [1.165, 1.54) is 13.3 Å². The van der Waals surface area contributed by atoms with E-state index in [0.717, 1.165) is 32.1 Å². The first-order valence-electron chi connectivity index (χ1n) is 8.03. The topological polar surface area (TPSA) is 93.2 Å². The first-order chi connectivity index (χ1) is 10.8. The van der Waals surface area contributed by atoms with Crippen molar-refractivity contribution in [3.63, 3.8) is 0 Å². The number of rotatable bonds is 4. The number of Topliss-reactive ketones (excluding diaryl/α,β-unsaturated/α-hetero) is 1. The molecule has 124 valence electrons. The maximum atomic E-state index is 12.7. The average Bonchev–Trinajstić information content (AvgIpc) is 2.42. The number of nitrogens with two attached hydrogens (primary N) is 1. The largest absolute Gasteiger partial charge is 0.457 e. The third kappa shape index (κ3) is 2.91. The monoisotopic (exact) mass is 380 g/mol. The van der Waals surface area contributed by atoms with E-state index in [-0.39, 0.29) is 21.6 Å². The molecule has 4 rings (SSSR count). The summed E-state index contributed by atoms with van der Waals surface area (Å²) in [6.45, 7) is 1.09. The number of esters is 1. The van der Waals surface area contributed by atoms with Crippen molar-refractivity contribution in [3.05, 3.63) is 11.3 Å². The van der Waals surface area contributed by atoms with Crippen LogP contribution in [-0.2, 0) is 14.3 Å². The number of nitriles is 1. The second-order valence-electron chi connectivity index (χ2n) is 7.56. The van der Waals surface area contributed by atoms with Gasteiger partial charge in [0.15, 0.2) is 6.61 Å². The van der Waals surface area contributed by atoms with Crippen molar-refractivity contribution in [3.8, 4) is 6.07 Å². The van der Waals surface area contributed by atoms with E-state index in [1.54, 1.807) is 6.07 Å². The van der Waals surface area contributed by atoms with E-state index < -0.39 is 17.8 Å². The predicted octanol–water partition coefficient (Wildman–Crippen LogP) is 2.59. The quantitative estimate of drug-likeness (QED) is 0.350. The zero-order chi connectivity index (χ0) is 16.8. The second kappa shape index (κ2) is 5.62. The van der Waals surface area contributed by atoms with E-state index in [2.05, 4.69) is 15.9 Å². The number of halogens is 1. The van der Waals surface area contributed by atoms with Crippen molar-refractivity contribution in [2.45, 2.75) is 49.8 Å². The number of allylic oxidation sites excluding steroid dienone is 1. The summed E-state index contributed by atoms with van der Waals surface area (Å²) in [5.41, 5.74) is 5.08. The van der Waals surface area contributed by atoms with Gasteiger partial charge in [0.25, 0.3) is 0 Å². The third-order valence-corrected chi connectivity index (χ3v) is 6.47. The van der Waals surface area contributed by atoms with Crippen molar-refractivity contribution in [1.82, 2.24) is 0 Å². The highest BCUT2D eigenvalue weighted by Crippen LogP contribution is 2.64. The van der Waals surface area contributed by atoms with E-state index in [9.17, 15) is 9.59 Å². The third-order valence-electron chi connectivity index (χ3n) is 5.54. The van der Waals surface area contributed by atoms with Gasteiger partial charge in [0.2, 0.25) is 5.78 Å². The molecule has 0 saturated heterocycles. The zero-order valence-electron chi connectivity index (χ0n) is 13.2. The molecule has 2 N–H and O–H groups in total. The van der Waals surface area contributed by atoms with Crippen LogP contribution in [0.2, 0.25) is 0 Å². The number of carbonyl (C=O) groups excluding carboxylic acids is 2. The van der Waals surface area contributed by atoms with E-state index in [4.69, 9.17) is 15.7 Å².